The molecule has 0 radical (unpaired) electrons. The van der Waals surface area contributed by atoms with Crippen LogP contribution in [0.25, 0.3) is 0 Å². The van der Waals surface area contributed by atoms with E-state index in [1.54, 1.807) is 12.3 Å². The highest BCUT2D eigenvalue weighted by Crippen LogP contribution is 2.28. The molecule has 0 spiro atoms. The molecule has 1 saturated heterocycles. The summed E-state index contributed by atoms with van der Waals surface area (Å²) >= 11 is 0. The number of hydrogen-bond acceptors (Lipinski definition) is 6. The van der Waals surface area contributed by atoms with E-state index in [0.29, 0.717) is 19.5 Å². The molecule has 7 nitrogen and oxygen atoms in total. The SMILES string of the molecule is CS(=O)(=O)N1CC(CC2(N)C=CNC(N)=N2)C1. The number of nitrogens with zero attached hydrogens (tertiary/aromatic N) is 2. The maximum Gasteiger partial charge on any atom is 0.211 e. The van der Waals surface area contributed by atoms with Crippen molar-refractivity contribution in [2.24, 2.45) is 22.4 Å². The average molecular weight is 259 g/mol. The minimum absolute atomic E-state index is 0.231. The largest absolute Gasteiger partial charge is 0.370 e. The highest BCUT2D eigenvalue weighted by atomic mass is 32.2. The van der Waals surface area contributed by atoms with Crippen molar-refractivity contribution in [2.75, 3.05) is 19.3 Å². The second-order valence-electron chi connectivity index (χ2n) is 4.62. The molecule has 5 N–H and O–H groups in total. The quantitative estimate of drug-likeness (QED) is 0.562. The van der Waals surface area contributed by atoms with Gasteiger partial charge in [0.25, 0.3) is 0 Å². The Labute approximate surface area is 101 Å². The molecule has 1 unspecified atom stereocenters. The van der Waals surface area contributed by atoms with E-state index in [1.807, 2.05) is 0 Å². The minimum atomic E-state index is -3.07. The van der Waals surface area contributed by atoms with Crippen LogP contribution in [0.2, 0.25) is 0 Å². The smallest absolute Gasteiger partial charge is 0.211 e. The first-order chi connectivity index (χ1) is 7.78. The summed E-state index contributed by atoms with van der Waals surface area (Å²) in [5.74, 6) is 0.517. The standard InChI is InChI=1S/C9H17N5O2S/c1-17(15,16)14-5-7(6-14)4-9(11)2-3-12-8(10)13-9/h2-3,7H,4-6,11H2,1H3,(H3,10,12,13). The topological polar surface area (TPSA) is 114 Å². The first-order valence-corrected chi connectivity index (χ1v) is 7.17. The van der Waals surface area contributed by atoms with Crippen LogP contribution in [0.5, 0.6) is 0 Å². The number of sulfonamides is 1. The molecule has 0 saturated carbocycles. The van der Waals surface area contributed by atoms with E-state index in [1.165, 1.54) is 10.6 Å². The molecule has 0 aliphatic carbocycles. The number of nitrogens with one attached hydrogen (secondary N) is 1. The fourth-order valence-corrected chi connectivity index (χ4v) is 3.03. The van der Waals surface area contributed by atoms with Crippen LogP contribution in [0.1, 0.15) is 6.42 Å². The molecular formula is C9H17N5O2S. The van der Waals surface area contributed by atoms with Gasteiger partial charge in [-0.05, 0) is 18.4 Å². The van der Waals surface area contributed by atoms with Crippen molar-refractivity contribution in [3.63, 3.8) is 0 Å². The van der Waals surface area contributed by atoms with Gasteiger partial charge in [0.15, 0.2) is 5.96 Å². The van der Waals surface area contributed by atoms with Gasteiger partial charge in [-0.2, -0.15) is 0 Å². The highest BCUT2D eigenvalue weighted by Gasteiger charge is 2.38. The second-order valence-corrected chi connectivity index (χ2v) is 6.60. The zero-order valence-electron chi connectivity index (χ0n) is 9.63. The van der Waals surface area contributed by atoms with Crippen molar-refractivity contribution in [1.82, 2.24) is 9.62 Å². The van der Waals surface area contributed by atoms with E-state index in [-0.39, 0.29) is 11.9 Å². The molecule has 0 amide bonds. The highest BCUT2D eigenvalue weighted by molar-refractivity contribution is 7.88. The lowest BCUT2D eigenvalue weighted by atomic mass is 9.90. The Morgan fingerprint density at radius 3 is 2.82 bits per heavy atom. The van der Waals surface area contributed by atoms with Crippen LogP contribution in [0.4, 0.5) is 0 Å². The van der Waals surface area contributed by atoms with Crippen LogP contribution >= 0.6 is 0 Å². The third-order valence-corrected chi connectivity index (χ3v) is 4.18. The zero-order valence-corrected chi connectivity index (χ0v) is 10.4. The van der Waals surface area contributed by atoms with Gasteiger partial charge in [0.1, 0.15) is 5.66 Å². The van der Waals surface area contributed by atoms with Gasteiger partial charge in [0, 0.05) is 19.3 Å². The van der Waals surface area contributed by atoms with Crippen LogP contribution < -0.4 is 16.8 Å². The summed E-state index contributed by atoms with van der Waals surface area (Å²) in [4.78, 5) is 4.13. The third-order valence-electron chi connectivity index (χ3n) is 2.94. The number of nitrogens with two attached hydrogens (primary N) is 2. The molecular weight excluding hydrogens is 242 g/mol. The molecule has 2 aliphatic heterocycles. The maximum absolute atomic E-state index is 11.2. The molecule has 0 aromatic carbocycles. The van der Waals surface area contributed by atoms with E-state index in [0.717, 1.165) is 0 Å². The molecule has 96 valence electrons. The van der Waals surface area contributed by atoms with Gasteiger partial charge in [0.2, 0.25) is 10.0 Å². The summed E-state index contributed by atoms with van der Waals surface area (Å²) in [6.07, 6.45) is 5.21. The van der Waals surface area contributed by atoms with Crippen molar-refractivity contribution in [3.8, 4) is 0 Å². The lowest BCUT2D eigenvalue weighted by Crippen LogP contribution is -2.54. The molecule has 0 aromatic rings. The first kappa shape index (κ1) is 12.3. The summed E-state index contributed by atoms with van der Waals surface area (Å²) in [6.45, 7) is 1.02. The molecule has 2 heterocycles. The van der Waals surface area contributed by atoms with Crippen molar-refractivity contribution in [1.29, 1.82) is 0 Å². The third kappa shape index (κ3) is 2.76. The lowest BCUT2D eigenvalue weighted by molar-refractivity contribution is 0.169. The Hall–Kier alpha value is -1.12. The van der Waals surface area contributed by atoms with Crippen molar-refractivity contribution >= 4 is 16.0 Å². The van der Waals surface area contributed by atoms with E-state index >= 15 is 0 Å². The van der Waals surface area contributed by atoms with Crippen LogP contribution in [0.3, 0.4) is 0 Å². The van der Waals surface area contributed by atoms with E-state index in [2.05, 4.69) is 10.3 Å². The molecule has 2 rings (SSSR count). The van der Waals surface area contributed by atoms with Crippen LogP contribution in [0, 0.1) is 5.92 Å². The Balaban J connectivity index is 1.92. The molecule has 17 heavy (non-hydrogen) atoms. The van der Waals surface area contributed by atoms with Crippen molar-refractivity contribution in [2.45, 2.75) is 12.1 Å². The Kier molecular flexibility index (Phi) is 2.88. The minimum Gasteiger partial charge on any atom is -0.370 e. The van der Waals surface area contributed by atoms with Gasteiger partial charge in [-0.3, -0.25) is 0 Å². The van der Waals surface area contributed by atoms with Gasteiger partial charge in [-0.25, -0.2) is 17.7 Å². The maximum atomic E-state index is 11.2. The zero-order chi connectivity index (χ0) is 12.7. The number of hydrogen-bond donors (Lipinski definition) is 3. The van der Waals surface area contributed by atoms with Crippen LogP contribution in [0.15, 0.2) is 17.3 Å². The molecule has 0 aromatic heterocycles. The second kappa shape index (κ2) is 3.97. The predicted octanol–water partition coefficient (Wildman–Crippen LogP) is -1.65. The number of aliphatic imine (C=N–C) groups is 1. The summed E-state index contributed by atoms with van der Waals surface area (Å²) in [7, 11) is -3.07. The van der Waals surface area contributed by atoms with Gasteiger partial charge < -0.3 is 16.8 Å². The van der Waals surface area contributed by atoms with Crippen molar-refractivity contribution in [3.05, 3.63) is 12.3 Å². The summed E-state index contributed by atoms with van der Waals surface area (Å²) in [5, 5.41) is 2.74. The molecule has 2 aliphatic rings. The molecule has 8 heteroatoms. The summed E-state index contributed by atoms with van der Waals surface area (Å²) in [6, 6.07) is 0. The lowest BCUT2D eigenvalue weighted by Gasteiger charge is -2.40. The fraction of sp³-hybridized carbons (Fsp3) is 0.667. The normalized spacial score (nSPS) is 30.6. The van der Waals surface area contributed by atoms with Gasteiger partial charge in [0.05, 0.1) is 6.26 Å². The van der Waals surface area contributed by atoms with Gasteiger partial charge >= 0.3 is 0 Å². The molecule has 1 atom stereocenters. The Bertz CT molecular complexity index is 466. The van der Waals surface area contributed by atoms with Gasteiger partial charge in [-0.15, -0.1) is 0 Å². The average Bonchev–Trinajstić information content (AvgIpc) is 2.08. The Morgan fingerprint density at radius 2 is 2.29 bits per heavy atom. The monoisotopic (exact) mass is 259 g/mol. The predicted molar refractivity (Wildman–Crippen MR) is 65.3 cm³/mol. The molecule has 1 fully saturated rings. The summed E-state index contributed by atoms with van der Waals surface area (Å²) in [5.41, 5.74) is 10.8. The number of guanidine groups is 1. The van der Waals surface area contributed by atoms with E-state index < -0.39 is 15.7 Å². The van der Waals surface area contributed by atoms with Crippen LogP contribution in [-0.4, -0.2) is 43.7 Å². The molecule has 0 bridgehead atoms. The van der Waals surface area contributed by atoms with E-state index in [9.17, 15) is 8.42 Å². The number of rotatable bonds is 3. The fourth-order valence-electron chi connectivity index (χ4n) is 2.06. The Morgan fingerprint density at radius 1 is 1.65 bits per heavy atom. The van der Waals surface area contributed by atoms with Crippen LogP contribution in [-0.2, 0) is 10.0 Å². The van der Waals surface area contributed by atoms with E-state index in [4.69, 9.17) is 11.5 Å². The van der Waals surface area contributed by atoms with Crippen molar-refractivity contribution < 1.29 is 8.42 Å². The summed E-state index contributed by atoms with van der Waals surface area (Å²) < 4.78 is 23.8. The first-order valence-electron chi connectivity index (χ1n) is 5.32. The van der Waals surface area contributed by atoms with Gasteiger partial charge in [-0.1, -0.05) is 0 Å².